The van der Waals surface area contributed by atoms with Gasteiger partial charge in [-0.15, -0.1) is 0 Å². The van der Waals surface area contributed by atoms with Gasteiger partial charge in [-0.25, -0.2) is 22.5 Å². The van der Waals surface area contributed by atoms with Crippen LogP contribution >= 0.6 is 0 Å². The zero-order valence-corrected chi connectivity index (χ0v) is 12.2. The van der Waals surface area contributed by atoms with Gasteiger partial charge in [-0.3, -0.25) is 0 Å². The molecule has 3 N–H and O–H groups in total. The second-order valence-corrected chi connectivity index (χ2v) is 6.33. The number of benzene rings is 1. The van der Waals surface area contributed by atoms with Crippen LogP contribution in [0.25, 0.3) is 0 Å². The summed E-state index contributed by atoms with van der Waals surface area (Å²) in [6, 6.07) is 3.48. The molecule has 2 aromatic rings. The normalized spacial score (nSPS) is 11.7. The van der Waals surface area contributed by atoms with Gasteiger partial charge >= 0.3 is 0 Å². The summed E-state index contributed by atoms with van der Waals surface area (Å²) in [5, 5.41) is 0. The van der Waals surface area contributed by atoms with Crippen molar-refractivity contribution in [3.8, 4) is 0 Å². The van der Waals surface area contributed by atoms with E-state index in [4.69, 9.17) is 5.73 Å². The van der Waals surface area contributed by atoms with Gasteiger partial charge in [-0.05, 0) is 31.0 Å². The molecule has 0 saturated heterocycles. The molecule has 114 valence electrons. The molecule has 0 saturated carbocycles. The first-order valence-electron chi connectivity index (χ1n) is 6.49. The first-order valence-corrected chi connectivity index (χ1v) is 7.98. The number of imidazole rings is 1. The van der Waals surface area contributed by atoms with E-state index in [9.17, 15) is 12.8 Å². The molecule has 0 spiro atoms. The summed E-state index contributed by atoms with van der Waals surface area (Å²) in [6.07, 6.45) is 6.66. The molecule has 6 nitrogen and oxygen atoms in total. The molecule has 1 aromatic carbocycles. The first-order chi connectivity index (χ1) is 9.99. The number of nitrogen functional groups attached to an aromatic ring is 1. The molecule has 0 bridgehead atoms. The van der Waals surface area contributed by atoms with Crippen LogP contribution in [0.3, 0.4) is 0 Å². The van der Waals surface area contributed by atoms with Crippen molar-refractivity contribution < 1.29 is 12.8 Å². The highest BCUT2D eigenvalue weighted by molar-refractivity contribution is 7.89. The molecule has 0 aliphatic rings. The highest BCUT2D eigenvalue weighted by atomic mass is 32.2. The van der Waals surface area contributed by atoms with Crippen LogP contribution in [0.1, 0.15) is 12.8 Å². The molecular weight excluding hydrogens is 295 g/mol. The van der Waals surface area contributed by atoms with E-state index in [1.165, 1.54) is 6.07 Å². The minimum absolute atomic E-state index is 0.205. The number of hydrogen-bond donors (Lipinski definition) is 2. The SMILES string of the molecule is Nc1ccc(F)c(S(=O)(=O)NCCCCn2ccnc2)c1. The Morgan fingerprint density at radius 1 is 1.33 bits per heavy atom. The third-order valence-corrected chi connectivity index (χ3v) is 4.42. The van der Waals surface area contributed by atoms with Gasteiger partial charge in [-0.2, -0.15) is 0 Å². The zero-order chi connectivity index (χ0) is 15.3. The van der Waals surface area contributed by atoms with E-state index in [0.717, 1.165) is 25.1 Å². The lowest BCUT2D eigenvalue weighted by atomic mass is 10.3. The van der Waals surface area contributed by atoms with Crippen LogP contribution in [0.15, 0.2) is 41.8 Å². The molecule has 0 aliphatic carbocycles. The Morgan fingerprint density at radius 3 is 2.86 bits per heavy atom. The molecule has 0 amide bonds. The van der Waals surface area contributed by atoms with Gasteiger partial charge in [0.05, 0.1) is 6.33 Å². The number of anilines is 1. The van der Waals surface area contributed by atoms with Gasteiger partial charge in [0.15, 0.2) is 0 Å². The average Bonchev–Trinajstić information content (AvgIpc) is 2.94. The van der Waals surface area contributed by atoms with Crippen molar-refractivity contribution in [1.82, 2.24) is 14.3 Å². The maximum absolute atomic E-state index is 13.5. The van der Waals surface area contributed by atoms with E-state index in [0.29, 0.717) is 6.42 Å². The molecule has 0 atom stereocenters. The summed E-state index contributed by atoms with van der Waals surface area (Å²) >= 11 is 0. The van der Waals surface area contributed by atoms with Crippen LogP contribution in [0.4, 0.5) is 10.1 Å². The van der Waals surface area contributed by atoms with E-state index in [-0.39, 0.29) is 12.2 Å². The highest BCUT2D eigenvalue weighted by Gasteiger charge is 2.18. The summed E-state index contributed by atoms with van der Waals surface area (Å²) in [6.45, 7) is 1.000. The van der Waals surface area contributed by atoms with Crippen molar-refractivity contribution in [2.75, 3.05) is 12.3 Å². The summed E-state index contributed by atoms with van der Waals surface area (Å²) < 4.78 is 41.8. The van der Waals surface area contributed by atoms with Crippen molar-refractivity contribution in [1.29, 1.82) is 0 Å². The van der Waals surface area contributed by atoms with Gasteiger partial charge in [-0.1, -0.05) is 0 Å². The molecule has 2 rings (SSSR count). The molecular formula is C13H17FN4O2S. The molecule has 1 aromatic heterocycles. The van der Waals surface area contributed by atoms with Crippen molar-refractivity contribution in [3.05, 3.63) is 42.7 Å². The number of unbranched alkanes of at least 4 members (excludes halogenated alkanes) is 1. The van der Waals surface area contributed by atoms with Crippen LogP contribution in [-0.2, 0) is 16.6 Å². The monoisotopic (exact) mass is 312 g/mol. The minimum atomic E-state index is -3.87. The smallest absolute Gasteiger partial charge is 0.243 e. The standard InChI is InChI=1S/C13H17FN4O2S/c14-12-4-3-11(15)9-13(12)21(19,20)17-5-1-2-7-18-8-6-16-10-18/h3-4,6,8-10,17H,1-2,5,7,15H2. The molecule has 8 heteroatoms. The summed E-state index contributed by atoms with van der Waals surface area (Å²) in [5.74, 6) is -0.810. The van der Waals surface area contributed by atoms with Crippen LogP contribution in [-0.4, -0.2) is 24.5 Å². The second kappa shape index (κ2) is 6.68. The predicted molar refractivity (Wildman–Crippen MR) is 77.5 cm³/mol. The van der Waals surface area contributed by atoms with Crippen molar-refractivity contribution in [3.63, 3.8) is 0 Å². The molecule has 21 heavy (non-hydrogen) atoms. The van der Waals surface area contributed by atoms with Gasteiger partial charge < -0.3 is 10.3 Å². The number of rotatable bonds is 7. The average molecular weight is 312 g/mol. The number of aromatic nitrogens is 2. The predicted octanol–water partition coefficient (Wildman–Crippen LogP) is 1.36. The lowest BCUT2D eigenvalue weighted by molar-refractivity contribution is 0.549. The van der Waals surface area contributed by atoms with E-state index in [2.05, 4.69) is 9.71 Å². The van der Waals surface area contributed by atoms with Crippen LogP contribution in [0.5, 0.6) is 0 Å². The Morgan fingerprint density at radius 2 is 2.14 bits per heavy atom. The highest BCUT2D eigenvalue weighted by Crippen LogP contribution is 2.17. The molecule has 1 heterocycles. The maximum atomic E-state index is 13.5. The van der Waals surface area contributed by atoms with E-state index >= 15 is 0 Å². The molecule has 0 radical (unpaired) electrons. The number of halogens is 1. The van der Waals surface area contributed by atoms with Gasteiger partial charge in [0, 0.05) is 31.2 Å². The Labute approximate surface area is 122 Å². The van der Waals surface area contributed by atoms with Crippen molar-refractivity contribution in [2.45, 2.75) is 24.3 Å². The van der Waals surface area contributed by atoms with Gasteiger partial charge in [0.2, 0.25) is 10.0 Å². The van der Waals surface area contributed by atoms with Crippen LogP contribution < -0.4 is 10.5 Å². The fourth-order valence-corrected chi connectivity index (χ4v) is 3.03. The Hall–Kier alpha value is -1.93. The van der Waals surface area contributed by atoms with Crippen LogP contribution in [0.2, 0.25) is 0 Å². The lowest BCUT2D eigenvalue weighted by Gasteiger charge is -2.08. The van der Waals surface area contributed by atoms with Crippen molar-refractivity contribution in [2.24, 2.45) is 0 Å². The number of aryl methyl sites for hydroxylation is 1. The summed E-state index contributed by atoms with van der Waals surface area (Å²) in [5.41, 5.74) is 5.69. The van der Waals surface area contributed by atoms with Gasteiger partial charge in [0.25, 0.3) is 0 Å². The number of sulfonamides is 1. The number of hydrogen-bond acceptors (Lipinski definition) is 4. The summed E-state index contributed by atoms with van der Waals surface area (Å²) in [7, 11) is -3.87. The number of nitrogens with zero attached hydrogens (tertiary/aromatic N) is 2. The Balaban J connectivity index is 1.85. The fourth-order valence-electron chi connectivity index (χ4n) is 1.85. The largest absolute Gasteiger partial charge is 0.399 e. The lowest BCUT2D eigenvalue weighted by Crippen LogP contribution is -2.26. The van der Waals surface area contributed by atoms with E-state index < -0.39 is 20.7 Å². The van der Waals surface area contributed by atoms with E-state index in [1.807, 2.05) is 10.8 Å². The molecule has 0 unspecified atom stereocenters. The topological polar surface area (TPSA) is 90.0 Å². The number of nitrogens with one attached hydrogen (secondary N) is 1. The first kappa shape index (κ1) is 15.5. The third-order valence-electron chi connectivity index (χ3n) is 2.94. The summed E-state index contributed by atoms with van der Waals surface area (Å²) in [4.78, 5) is 3.50. The third kappa shape index (κ3) is 4.27. The van der Waals surface area contributed by atoms with Crippen LogP contribution in [0, 0.1) is 5.82 Å². The quantitative estimate of drug-likeness (QED) is 0.597. The zero-order valence-electron chi connectivity index (χ0n) is 11.4. The van der Waals surface area contributed by atoms with E-state index in [1.54, 1.807) is 12.5 Å². The minimum Gasteiger partial charge on any atom is -0.399 e. The Kier molecular flexibility index (Phi) is 4.92. The fraction of sp³-hybridized carbons (Fsp3) is 0.308. The number of nitrogens with two attached hydrogens (primary N) is 1. The Bertz CT molecular complexity index is 686. The second-order valence-electron chi connectivity index (χ2n) is 4.60. The molecule has 0 fully saturated rings. The molecule has 0 aliphatic heterocycles. The van der Waals surface area contributed by atoms with Gasteiger partial charge in [0.1, 0.15) is 10.7 Å². The van der Waals surface area contributed by atoms with Crippen molar-refractivity contribution >= 4 is 15.7 Å². The maximum Gasteiger partial charge on any atom is 0.243 e.